The molecule has 58 valence electrons. The fourth-order valence-electron chi connectivity index (χ4n) is 1.22. The van der Waals surface area contributed by atoms with Crippen LogP contribution < -0.4 is 5.32 Å². The molecule has 0 saturated heterocycles. The minimum absolute atomic E-state index is 0.421. The van der Waals surface area contributed by atoms with Crippen molar-refractivity contribution in [1.82, 2.24) is 5.32 Å². The summed E-state index contributed by atoms with van der Waals surface area (Å²) in [6.07, 6.45) is 4.55. The quantitative estimate of drug-likeness (QED) is 0.505. The topological polar surface area (TPSA) is 12.0 Å². The van der Waals surface area contributed by atoms with Gasteiger partial charge in [-0.15, -0.1) is 0 Å². The molecule has 1 unspecified atom stereocenters. The van der Waals surface area contributed by atoms with Crippen LogP contribution in [0.2, 0.25) is 0 Å². The van der Waals surface area contributed by atoms with Crippen LogP contribution in [-0.4, -0.2) is 13.1 Å². The van der Waals surface area contributed by atoms with E-state index in [-0.39, 0.29) is 0 Å². The summed E-state index contributed by atoms with van der Waals surface area (Å²) < 4.78 is 0. The van der Waals surface area contributed by atoms with Gasteiger partial charge in [-0.2, -0.15) is 0 Å². The first-order valence-corrected chi connectivity index (χ1v) is 3.98. The molecule has 0 bridgehead atoms. The van der Waals surface area contributed by atoms with Crippen molar-refractivity contribution in [3.8, 4) is 0 Å². The highest BCUT2D eigenvalue weighted by Crippen LogP contribution is 2.27. The fraction of sp³-hybridized carbons (Fsp3) is 0.778. The third kappa shape index (κ3) is 1.84. The molecule has 1 aliphatic heterocycles. The van der Waals surface area contributed by atoms with Crippen LogP contribution in [0.15, 0.2) is 12.2 Å². The highest BCUT2D eigenvalue weighted by Gasteiger charge is 2.22. The van der Waals surface area contributed by atoms with E-state index in [1.807, 2.05) is 0 Å². The van der Waals surface area contributed by atoms with Crippen LogP contribution in [0.1, 0.15) is 20.8 Å². The van der Waals surface area contributed by atoms with Gasteiger partial charge in [0.15, 0.2) is 0 Å². The molecule has 0 radical (unpaired) electrons. The van der Waals surface area contributed by atoms with E-state index in [1.165, 1.54) is 0 Å². The monoisotopic (exact) mass is 139 g/mol. The molecule has 1 heteroatoms. The van der Waals surface area contributed by atoms with Crippen molar-refractivity contribution in [2.45, 2.75) is 20.8 Å². The average molecular weight is 139 g/mol. The SMILES string of the molecule is CC(C)(C)C1C=CCNC1. The lowest BCUT2D eigenvalue weighted by atomic mass is 9.79. The van der Waals surface area contributed by atoms with Gasteiger partial charge in [0.05, 0.1) is 0 Å². The van der Waals surface area contributed by atoms with Crippen LogP contribution in [0.5, 0.6) is 0 Å². The molecular weight excluding hydrogens is 122 g/mol. The zero-order valence-electron chi connectivity index (χ0n) is 7.15. The Morgan fingerprint density at radius 1 is 1.40 bits per heavy atom. The molecule has 10 heavy (non-hydrogen) atoms. The van der Waals surface area contributed by atoms with Crippen molar-refractivity contribution in [2.75, 3.05) is 13.1 Å². The minimum Gasteiger partial charge on any atom is -0.313 e. The van der Waals surface area contributed by atoms with Crippen molar-refractivity contribution in [3.63, 3.8) is 0 Å². The van der Waals surface area contributed by atoms with E-state index >= 15 is 0 Å². The van der Waals surface area contributed by atoms with Crippen LogP contribution in [0, 0.1) is 11.3 Å². The number of hydrogen-bond donors (Lipinski definition) is 1. The summed E-state index contributed by atoms with van der Waals surface area (Å²) in [5, 5.41) is 3.35. The second-order valence-electron chi connectivity index (χ2n) is 4.06. The standard InChI is InChI=1S/C9H17N/c1-9(2,3)8-5-4-6-10-7-8/h4-5,8,10H,6-7H2,1-3H3. The molecule has 0 aromatic rings. The molecule has 1 atom stereocenters. The highest BCUT2D eigenvalue weighted by atomic mass is 14.9. The van der Waals surface area contributed by atoms with Gasteiger partial charge in [-0.1, -0.05) is 32.9 Å². The minimum atomic E-state index is 0.421. The van der Waals surface area contributed by atoms with Gasteiger partial charge in [-0.25, -0.2) is 0 Å². The van der Waals surface area contributed by atoms with E-state index in [1.54, 1.807) is 0 Å². The normalized spacial score (nSPS) is 26.9. The Balaban J connectivity index is 2.55. The summed E-state index contributed by atoms with van der Waals surface area (Å²) in [5.74, 6) is 0.709. The van der Waals surface area contributed by atoms with Gasteiger partial charge < -0.3 is 5.32 Å². The third-order valence-corrected chi connectivity index (χ3v) is 2.11. The first-order chi connectivity index (χ1) is 4.61. The Morgan fingerprint density at radius 3 is 2.40 bits per heavy atom. The molecule has 1 aliphatic rings. The zero-order valence-corrected chi connectivity index (χ0v) is 7.15. The predicted molar refractivity (Wildman–Crippen MR) is 45.0 cm³/mol. The van der Waals surface area contributed by atoms with Gasteiger partial charge in [-0.3, -0.25) is 0 Å². The summed E-state index contributed by atoms with van der Waals surface area (Å²) in [7, 11) is 0. The molecule has 1 rings (SSSR count). The average Bonchev–Trinajstić information content (AvgIpc) is 1.88. The van der Waals surface area contributed by atoms with Gasteiger partial charge >= 0.3 is 0 Å². The van der Waals surface area contributed by atoms with Crippen molar-refractivity contribution < 1.29 is 0 Å². The summed E-state index contributed by atoms with van der Waals surface area (Å²) in [6.45, 7) is 9.05. The molecule has 0 aliphatic carbocycles. The second kappa shape index (κ2) is 2.75. The first kappa shape index (κ1) is 7.80. The molecule has 1 N–H and O–H groups in total. The van der Waals surface area contributed by atoms with Crippen LogP contribution >= 0.6 is 0 Å². The van der Waals surface area contributed by atoms with Crippen LogP contribution in [0.25, 0.3) is 0 Å². The number of hydrogen-bond acceptors (Lipinski definition) is 1. The predicted octanol–water partition coefficient (Wildman–Crippen LogP) is 1.81. The van der Waals surface area contributed by atoms with Gasteiger partial charge in [0.25, 0.3) is 0 Å². The Kier molecular flexibility index (Phi) is 2.14. The van der Waals surface area contributed by atoms with Crippen molar-refractivity contribution in [2.24, 2.45) is 11.3 Å². The van der Waals surface area contributed by atoms with Crippen molar-refractivity contribution in [1.29, 1.82) is 0 Å². The molecular formula is C9H17N. The van der Waals surface area contributed by atoms with E-state index in [0.29, 0.717) is 11.3 Å². The molecule has 0 fully saturated rings. The zero-order chi connectivity index (χ0) is 7.61. The van der Waals surface area contributed by atoms with Crippen molar-refractivity contribution in [3.05, 3.63) is 12.2 Å². The van der Waals surface area contributed by atoms with Gasteiger partial charge in [0.1, 0.15) is 0 Å². The molecule has 0 amide bonds. The van der Waals surface area contributed by atoms with Gasteiger partial charge in [0.2, 0.25) is 0 Å². The maximum atomic E-state index is 3.35. The third-order valence-electron chi connectivity index (χ3n) is 2.11. The molecule has 0 spiro atoms. The molecule has 0 aromatic carbocycles. The Bertz CT molecular complexity index is 130. The molecule has 1 heterocycles. The lowest BCUT2D eigenvalue weighted by Gasteiger charge is -2.30. The Hall–Kier alpha value is -0.300. The van der Waals surface area contributed by atoms with Gasteiger partial charge in [-0.05, 0) is 11.3 Å². The first-order valence-electron chi connectivity index (χ1n) is 3.98. The molecule has 0 aromatic heterocycles. The van der Waals surface area contributed by atoms with E-state index in [4.69, 9.17) is 0 Å². The lowest BCUT2D eigenvalue weighted by Crippen LogP contribution is -2.33. The highest BCUT2D eigenvalue weighted by molar-refractivity contribution is 4.99. The summed E-state index contributed by atoms with van der Waals surface area (Å²) in [5.41, 5.74) is 0.421. The molecule has 0 saturated carbocycles. The Morgan fingerprint density at radius 2 is 2.10 bits per heavy atom. The Labute approximate surface area is 63.5 Å². The van der Waals surface area contributed by atoms with Crippen LogP contribution in [-0.2, 0) is 0 Å². The van der Waals surface area contributed by atoms with Crippen molar-refractivity contribution >= 4 is 0 Å². The van der Waals surface area contributed by atoms with E-state index in [9.17, 15) is 0 Å². The number of nitrogens with one attached hydrogen (secondary N) is 1. The summed E-state index contributed by atoms with van der Waals surface area (Å²) >= 11 is 0. The lowest BCUT2D eigenvalue weighted by molar-refractivity contribution is 0.279. The summed E-state index contributed by atoms with van der Waals surface area (Å²) in [6, 6.07) is 0. The van der Waals surface area contributed by atoms with Gasteiger partial charge in [0, 0.05) is 13.1 Å². The fourth-order valence-corrected chi connectivity index (χ4v) is 1.22. The largest absolute Gasteiger partial charge is 0.313 e. The summed E-state index contributed by atoms with van der Waals surface area (Å²) in [4.78, 5) is 0. The van der Waals surface area contributed by atoms with E-state index in [2.05, 4.69) is 38.2 Å². The maximum Gasteiger partial charge on any atom is 0.0135 e. The van der Waals surface area contributed by atoms with E-state index in [0.717, 1.165) is 13.1 Å². The second-order valence-corrected chi connectivity index (χ2v) is 4.06. The molecule has 1 nitrogen and oxygen atoms in total. The van der Waals surface area contributed by atoms with Crippen LogP contribution in [0.4, 0.5) is 0 Å². The number of rotatable bonds is 0. The van der Waals surface area contributed by atoms with Crippen LogP contribution in [0.3, 0.4) is 0 Å². The smallest absolute Gasteiger partial charge is 0.0135 e. The van der Waals surface area contributed by atoms with E-state index < -0.39 is 0 Å². The maximum absolute atomic E-state index is 3.35.